The lowest BCUT2D eigenvalue weighted by Gasteiger charge is -2.38. The number of benzene rings is 1. The van der Waals surface area contributed by atoms with Gasteiger partial charge in [0.25, 0.3) is 0 Å². The molecule has 3 rings (SSSR count). The average molecular weight is 331 g/mol. The van der Waals surface area contributed by atoms with E-state index in [0.29, 0.717) is 31.4 Å². The van der Waals surface area contributed by atoms with E-state index in [-0.39, 0.29) is 24.7 Å². The minimum Gasteiger partial charge on any atom is -0.394 e. The Balaban J connectivity index is 1.49. The van der Waals surface area contributed by atoms with E-state index in [0.717, 1.165) is 12.8 Å². The number of carbonyl (C=O) groups excluding carboxylic acids is 1. The zero-order chi connectivity index (χ0) is 16.9. The van der Waals surface area contributed by atoms with Gasteiger partial charge in [0.1, 0.15) is 0 Å². The second-order valence-electron chi connectivity index (χ2n) is 7.37. The molecule has 1 heterocycles. The fraction of sp³-hybridized carbons (Fsp3) is 0.650. The van der Waals surface area contributed by atoms with Gasteiger partial charge in [-0.25, -0.2) is 0 Å². The maximum atomic E-state index is 12.7. The van der Waals surface area contributed by atoms with Gasteiger partial charge in [-0.2, -0.15) is 0 Å². The van der Waals surface area contributed by atoms with Gasteiger partial charge >= 0.3 is 0 Å². The molecule has 2 unspecified atom stereocenters. The second-order valence-corrected chi connectivity index (χ2v) is 7.37. The van der Waals surface area contributed by atoms with Crippen molar-refractivity contribution in [3.05, 3.63) is 35.9 Å². The van der Waals surface area contributed by atoms with Crippen molar-refractivity contribution in [1.29, 1.82) is 0 Å². The molecule has 4 nitrogen and oxygen atoms in total. The number of nitrogens with zero attached hydrogens (tertiary/aromatic N) is 1. The molecule has 132 valence electrons. The highest BCUT2D eigenvalue weighted by atomic mass is 16.5. The largest absolute Gasteiger partial charge is 0.394 e. The van der Waals surface area contributed by atoms with E-state index in [1.807, 2.05) is 11.8 Å². The van der Waals surface area contributed by atoms with E-state index in [1.54, 1.807) is 0 Å². The first-order valence-corrected chi connectivity index (χ1v) is 9.24. The second kappa shape index (κ2) is 8.13. The molecule has 4 heteroatoms. The van der Waals surface area contributed by atoms with Crippen LogP contribution < -0.4 is 0 Å². The summed E-state index contributed by atoms with van der Waals surface area (Å²) in [7, 11) is 0. The van der Waals surface area contributed by atoms with Crippen molar-refractivity contribution in [3.63, 3.8) is 0 Å². The van der Waals surface area contributed by atoms with Crippen molar-refractivity contribution in [2.45, 2.75) is 57.1 Å². The Hall–Kier alpha value is -1.39. The molecule has 1 saturated heterocycles. The van der Waals surface area contributed by atoms with E-state index >= 15 is 0 Å². The number of morpholine rings is 1. The minimum atomic E-state index is -0.223. The van der Waals surface area contributed by atoms with Crippen LogP contribution in [0.2, 0.25) is 0 Å². The van der Waals surface area contributed by atoms with Gasteiger partial charge < -0.3 is 14.7 Å². The first kappa shape index (κ1) is 17.4. The summed E-state index contributed by atoms with van der Waals surface area (Å²) in [4.78, 5) is 14.6. The number of hydrogen-bond donors (Lipinski definition) is 1. The van der Waals surface area contributed by atoms with Crippen LogP contribution in [0.1, 0.15) is 50.5 Å². The van der Waals surface area contributed by atoms with E-state index in [1.165, 1.54) is 18.4 Å². The van der Waals surface area contributed by atoms with Crippen molar-refractivity contribution < 1.29 is 14.6 Å². The molecule has 2 atom stereocenters. The summed E-state index contributed by atoms with van der Waals surface area (Å²) in [6, 6.07) is 10.9. The molecule has 1 aliphatic heterocycles. The van der Waals surface area contributed by atoms with E-state index in [2.05, 4.69) is 30.3 Å². The van der Waals surface area contributed by atoms with Crippen molar-refractivity contribution in [2.75, 3.05) is 19.8 Å². The van der Waals surface area contributed by atoms with Gasteiger partial charge in [0.2, 0.25) is 5.91 Å². The van der Waals surface area contributed by atoms with Gasteiger partial charge in [-0.1, -0.05) is 30.3 Å². The van der Waals surface area contributed by atoms with Crippen LogP contribution in [-0.4, -0.2) is 47.8 Å². The van der Waals surface area contributed by atoms with Crippen LogP contribution in [0.5, 0.6) is 0 Å². The third-order valence-electron chi connectivity index (χ3n) is 5.61. The summed E-state index contributed by atoms with van der Waals surface area (Å²) < 4.78 is 5.53. The van der Waals surface area contributed by atoms with E-state index in [9.17, 15) is 9.90 Å². The summed E-state index contributed by atoms with van der Waals surface area (Å²) in [6.07, 6.45) is 5.05. The van der Waals surface area contributed by atoms with Gasteiger partial charge in [-0.05, 0) is 50.0 Å². The third kappa shape index (κ3) is 4.17. The van der Waals surface area contributed by atoms with Crippen LogP contribution >= 0.6 is 0 Å². The molecule has 1 saturated carbocycles. The molecule has 2 aliphatic rings. The van der Waals surface area contributed by atoms with Crippen LogP contribution in [0.3, 0.4) is 0 Å². The number of ether oxygens (including phenoxy) is 1. The standard InChI is InChI=1S/C20H29NO3/c1-15-14-24-19(13-22)12-21(15)20(23)11-16-7-9-18(10-8-16)17-5-3-2-4-6-17/h2-6,15-16,18-19,22H,7-14H2,1H3. The van der Waals surface area contributed by atoms with Gasteiger partial charge in [0, 0.05) is 13.0 Å². The monoisotopic (exact) mass is 331 g/mol. The normalized spacial score (nSPS) is 31.0. The minimum absolute atomic E-state index is 0.0152. The molecule has 0 spiro atoms. The fourth-order valence-electron chi connectivity index (χ4n) is 4.06. The molecule has 24 heavy (non-hydrogen) atoms. The zero-order valence-electron chi connectivity index (χ0n) is 14.6. The van der Waals surface area contributed by atoms with Gasteiger partial charge in [0.05, 0.1) is 25.4 Å². The predicted molar refractivity (Wildman–Crippen MR) is 93.8 cm³/mol. The Morgan fingerprint density at radius 2 is 1.92 bits per heavy atom. The molecule has 0 radical (unpaired) electrons. The first-order chi connectivity index (χ1) is 11.7. The number of carbonyl (C=O) groups is 1. The average Bonchev–Trinajstić information content (AvgIpc) is 2.63. The molecule has 1 N–H and O–H groups in total. The molecule has 0 bridgehead atoms. The van der Waals surface area contributed by atoms with Crippen LogP contribution in [0, 0.1) is 5.92 Å². The number of aliphatic hydroxyl groups is 1. The highest BCUT2D eigenvalue weighted by Gasteiger charge is 2.31. The van der Waals surface area contributed by atoms with E-state index in [4.69, 9.17) is 4.74 Å². The quantitative estimate of drug-likeness (QED) is 0.923. The van der Waals surface area contributed by atoms with Crippen LogP contribution in [0.4, 0.5) is 0 Å². The first-order valence-electron chi connectivity index (χ1n) is 9.24. The zero-order valence-corrected chi connectivity index (χ0v) is 14.6. The number of hydrogen-bond acceptors (Lipinski definition) is 3. The molecule has 1 aliphatic carbocycles. The Labute approximate surface area is 144 Å². The van der Waals surface area contributed by atoms with Crippen molar-refractivity contribution in [1.82, 2.24) is 4.90 Å². The van der Waals surface area contributed by atoms with Crippen molar-refractivity contribution >= 4 is 5.91 Å². The van der Waals surface area contributed by atoms with E-state index < -0.39 is 0 Å². The van der Waals surface area contributed by atoms with Crippen LogP contribution in [0.15, 0.2) is 30.3 Å². The summed E-state index contributed by atoms with van der Waals surface area (Å²) in [6.45, 7) is 3.06. The highest BCUT2D eigenvalue weighted by Crippen LogP contribution is 2.37. The molecule has 2 fully saturated rings. The Kier molecular flexibility index (Phi) is 5.90. The lowest BCUT2D eigenvalue weighted by molar-refractivity contribution is -0.147. The fourth-order valence-corrected chi connectivity index (χ4v) is 4.06. The maximum Gasteiger partial charge on any atom is 0.223 e. The highest BCUT2D eigenvalue weighted by molar-refractivity contribution is 5.77. The molecule has 1 aromatic rings. The maximum absolute atomic E-state index is 12.7. The Bertz CT molecular complexity index is 525. The number of amides is 1. The molecule has 1 aromatic carbocycles. The van der Waals surface area contributed by atoms with Crippen molar-refractivity contribution in [2.24, 2.45) is 5.92 Å². The lowest BCUT2D eigenvalue weighted by Crippen LogP contribution is -2.52. The number of aliphatic hydroxyl groups excluding tert-OH is 1. The Morgan fingerprint density at radius 1 is 1.21 bits per heavy atom. The van der Waals surface area contributed by atoms with Gasteiger partial charge in [0.15, 0.2) is 0 Å². The molecular formula is C20H29NO3. The predicted octanol–water partition coefficient (Wildman–Crippen LogP) is 2.96. The topological polar surface area (TPSA) is 49.8 Å². The summed E-state index contributed by atoms with van der Waals surface area (Å²) in [5.74, 6) is 1.38. The smallest absolute Gasteiger partial charge is 0.223 e. The number of rotatable bonds is 4. The Morgan fingerprint density at radius 3 is 2.58 bits per heavy atom. The van der Waals surface area contributed by atoms with Crippen molar-refractivity contribution in [3.8, 4) is 0 Å². The third-order valence-corrected chi connectivity index (χ3v) is 5.61. The molecular weight excluding hydrogens is 302 g/mol. The lowest BCUT2D eigenvalue weighted by atomic mass is 9.77. The summed E-state index contributed by atoms with van der Waals surface area (Å²) >= 11 is 0. The van der Waals surface area contributed by atoms with Crippen LogP contribution in [-0.2, 0) is 9.53 Å². The summed E-state index contributed by atoms with van der Waals surface area (Å²) in [5.41, 5.74) is 1.44. The van der Waals surface area contributed by atoms with Gasteiger partial charge in [-0.15, -0.1) is 0 Å². The van der Waals surface area contributed by atoms with Crippen LogP contribution in [0.25, 0.3) is 0 Å². The molecule has 1 amide bonds. The SMILES string of the molecule is CC1COC(CO)CN1C(=O)CC1CCC(c2ccccc2)CC1. The summed E-state index contributed by atoms with van der Waals surface area (Å²) in [5, 5.41) is 9.27. The molecule has 0 aromatic heterocycles. The van der Waals surface area contributed by atoms with Gasteiger partial charge in [-0.3, -0.25) is 4.79 Å².